The first-order chi connectivity index (χ1) is 17.6. The molecule has 0 spiro atoms. The molecule has 1 aliphatic carbocycles. The molecule has 5 heteroatoms. The van der Waals surface area contributed by atoms with Crippen molar-refractivity contribution in [2.45, 2.75) is 45.6 Å². The first-order valence-corrected chi connectivity index (χ1v) is 12.9. The Bertz CT molecular complexity index is 1220. The van der Waals surface area contributed by atoms with E-state index in [1.807, 2.05) is 24.3 Å². The summed E-state index contributed by atoms with van der Waals surface area (Å²) in [6.07, 6.45) is 4.56. The number of halogens is 1. The minimum atomic E-state index is -0.264. The summed E-state index contributed by atoms with van der Waals surface area (Å²) in [5.74, 6) is 2.01. The lowest BCUT2D eigenvalue weighted by Crippen LogP contribution is -2.26. The minimum Gasteiger partial charge on any atom is -0.508 e. The zero-order valence-corrected chi connectivity index (χ0v) is 20.9. The number of phenolic OH excluding ortho intramolecular Hbond substituents is 1. The number of allylic oxidation sites excluding steroid dienone is 1. The van der Waals surface area contributed by atoms with Crippen LogP contribution in [0.1, 0.15) is 55.4 Å². The fourth-order valence-corrected chi connectivity index (χ4v) is 5.48. The third kappa shape index (κ3) is 6.16. The van der Waals surface area contributed by atoms with Crippen molar-refractivity contribution in [1.29, 1.82) is 0 Å². The van der Waals surface area contributed by atoms with Gasteiger partial charge in [0, 0.05) is 19.6 Å². The van der Waals surface area contributed by atoms with Crippen LogP contribution in [0.5, 0.6) is 17.2 Å². The summed E-state index contributed by atoms with van der Waals surface area (Å²) in [7, 11) is 1.70. The number of aryl methyl sites for hydroxylation is 1. The highest BCUT2D eigenvalue weighted by atomic mass is 19.1. The molecule has 0 unspecified atom stereocenters. The molecule has 37 heavy (non-hydrogen) atoms. The van der Waals surface area contributed by atoms with Crippen molar-refractivity contribution in [2.24, 2.45) is 0 Å². The second-order valence-corrected chi connectivity index (χ2v) is 9.68. The molecule has 3 aromatic rings. The van der Waals surface area contributed by atoms with Crippen molar-refractivity contribution < 1.29 is 19.0 Å². The van der Waals surface area contributed by atoms with Gasteiger partial charge >= 0.3 is 0 Å². The molecule has 0 bridgehead atoms. The fraction of sp³-hybridized carbons (Fsp3) is 0.375. The number of benzene rings is 3. The van der Waals surface area contributed by atoms with E-state index in [-0.39, 0.29) is 20.2 Å². The summed E-state index contributed by atoms with van der Waals surface area (Å²) in [5.41, 5.74) is 7.10. The molecule has 1 fully saturated rings. The summed E-state index contributed by atoms with van der Waals surface area (Å²) >= 11 is 0. The van der Waals surface area contributed by atoms with Gasteiger partial charge in [0.15, 0.2) is 0 Å². The smallest absolute Gasteiger partial charge is 0.119 e. The third-order valence-electron chi connectivity index (χ3n) is 7.23. The quantitative estimate of drug-likeness (QED) is 0.355. The van der Waals surface area contributed by atoms with Crippen molar-refractivity contribution in [2.75, 3.05) is 33.4 Å². The van der Waals surface area contributed by atoms with E-state index in [2.05, 4.69) is 41.3 Å². The van der Waals surface area contributed by atoms with Crippen LogP contribution in [0.4, 0.5) is 4.39 Å². The summed E-state index contributed by atoms with van der Waals surface area (Å²) in [5, 5.41) is 10.2. The summed E-state index contributed by atoms with van der Waals surface area (Å²) in [4.78, 5) is 2.28. The third-order valence-corrected chi connectivity index (χ3v) is 7.23. The van der Waals surface area contributed by atoms with Gasteiger partial charge in [-0.25, -0.2) is 0 Å². The van der Waals surface area contributed by atoms with Gasteiger partial charge in [-0.05, 0) is 102 Å². The average molecular weight is 504 g/mol. The van der Waals surface area contributed by atoms with Crippen LogP contribution in [0.3, 0.4) is 0 Å². The Kier molecular flexibility index (Phi) is 8.88. The van der Waals surface area contributed by atoms with Gasteiger partial charge in [-0.1, -0.05) is 37.8 Å². The molecule has 5 rings (SSSR count). The van der Waals surface area contributed by atoms with Crippen molar-refractivity contribution in [3.8, 4) is 17.2 Å². The van der Waals surface area contributed by atoms with Gasteiger partial charge in [0.05, 0.1) is 13.8 Å². The van der Waals surface area contributed by atoms with E-state index in [0.717, 1.165) is 73.5 Å². The normalized spacial score (nSPS) is 17.6. The topological polar surface area (TPSA) is 41.9 Å². The van der Waals surface area contributed by atoms with Crippen LogP contribution in [0.25, 0.3) is 11.1 Å². The minimum absolute atomic E-state index is 0. The van der Waals surface area contributed by atoms with Crippen molar-refractivity contribution in [3.05, 3.63) is 89.0 Å². The first kappa shape index (κ1) is 26.7. The average Bonchev–Trinajstić information content (AvgIpc) is 3.26. The molecule has 0 aromatic heterocycles. The van der Waals surface area contributed by atoms with Crippen LogP contribution in [-0.4, -0.2) is 49.5 Å². The van der Waals surface area contributed by atoms with E-state index in [9.17, 15) is 9.50 Å². The van der Waals surface area contributed by atoms with E-state index in [1.54, 1.807) is 13.2 Å². The molecular formula is C32H38FNO3. The largest absolute Gasteiger partial charge is 0.508 e. The number of aromatic hydroxyl groups is 1. The predicted molar refractivity (Wildman–Crippen MR) is 149 cm³/mol. The lowest BCUT2D eigenvalue weighted by molar-refractivity contribution is 0.198. The molecule has 1 N–H and O–H groups in total. The number of methoxy groups -OCH3 is 1. The SMILES string of the molecule is C.COc1cccc(C2=C(c3ccc(O[C@H]4CCN(CCCF)C4)cc3)c3ccc(O)cc3CCC2)c1. The van der Waals surface area contributed by atoms with Gasteiger partial charge in [0.2, 0.25) is 0 Å². The standard InChI is InChI=1S/C31H34FNO3.CH4/c1-35-27-7-2-5-24(20-27)29-8-3-6-23-19-25(34)11-14-30(23)31(29)22-9-12-26(13-10-22)36-28-15-18-33(21-28)17-4-16-32;/h2,5,7,9-14,19-20,28,34H,3-4,6,8,15-18,21H2,1H3;1H4/t28-;/m0./s1. The number of nitrogens with zero attached hydrogens (tertiary/aromatic N) is 1. The Hall–Kier alpha value is -3.31. The maximum absolute atomic E-state index is 12.5. The zero-order chi connectivity index (χ0) is 24.9. The van der Waals surface area contributed by atoms with Crippen molar-refractivity contribution >= 4 is 11.1 Å². The monoisotopic (exact) mass is 503 g/mol. The summed E-state index contributed by atoms with van der Waals surface area (Å²) < 4.78 is 24.3. The van der Waals surface area contributed by atoms with Crippen LogP contribution >= 0.6 is 0 Å². The predicted octanol–water partition coefficient (Wildman–Crippen LogP) is 7.15. The highest BCUT2D eigenvalue weighted by Crippen LogP contribution is 2.41. The number of ether oxygens (including phenoxy) is 2. The number of hydrogen-bond acceptors (Lipinski definition) is 4. The van der Waals surface area contributed by atoms with Crippen LogP contribution in [0.15, 0.2) is 66.7 Å². The molecule has 1 heterocycles. The Labute approximate surface area is 220 Å². The molecular weight excluding hydrogens is 465 g/mol. The molecule has 0 saturated carbocycles. The van der Waals surface area contributed by atoms with Gasteiger partial charge in [-0.15, -0.1) is 0 Å². The molecule has 1 atom stereocenters. The molecule has 4 nitrogen and oxygen atoms in total. The van der Waals surface area contributed by atoms with Gasteiger partial charge in [-0.3, -0.25) is 9.29 Å². The molecule has 1 saturated heterocycles. The zero-order valence-electron chi connectivity index (χ0n) is 20.9. The molecule has 0 amide bonds. The highest BCUT2D eigenvalue weighted by Gasteiger charge is 2.24. The Balaban J connectivity index is 0.00000320. The second-order valence-electron chi connectivity index (χ2n) is 9.68. The summed E-state index contributed by atoms with van der Waals surface area (Å²) in [6.45, 7) is 2.35. The van der Waals surface area contributed by atoms with Crippen molar-refractivity contribution in [1.82, 2.24) is 4.90 Å². The molecule has 196 valence electrons. The van der Waals surface area contributed by atoms with Crippen molar-refractivity contribution in [3.63, 3.8) is 0 Å². The number of fused-ring (bicyclic) bond motifs is 1. The lowest BCUT2D eigenvalue weighted by atomic mass is 9.87. The van der Waals surface area contributed by atoms with Gasteiger partial charge in [0.1, 0.15) is 23.4 Å². The lowest BCUT2D eigenvalue weighted by Gasteiger charge is -2.19. The number of rotatable bonds is 8. The number of hydrogen-bond donors (Lipinski definition) is 1. The van der Waals surface area contributed by atoms with Gasteiger partial charge in [0.25, 0.3) is 0 Å². The van der Waals surface area contributed by atoms with E-state index < -0.39 is 0 Å². The highest BCUT2D eigenvalue weighted by molar-refractivity contribution is 6.00. The number of alkyl halides is 1. The van der Waals surface area contributed by atoms with Gasteiger partial charge in [-0.2, -0.15) is 0 Å². The number of likely N-dealkylation sites (tertiary alicyclic amines) is 1. The summed E-state index contributed by atoms with van der Waals surface area (Å²) in [6, 6.07) is 22.4. The van der Waals surface area contributed by atoms with E-state index in [4.69, 9.17) is 9.47 Å². The van der Waals surface area contributed by atoms with Crippen LogP contribution < -0.4 is 9.47 Å². The maximum atomic E-state index is 12.5. The first-order valence-electron chi connectivity index (χ1n) is 12.9. The fourth-order valence-electron chi connectivity index (χ4n) is 5.48. The Morgan fingerprint density at radius 3 is 2.59 bits per heavy atom. The number of phenols is 1. The Morgan fingerprint density at radius 1 is 0.973 bits per heavy atom. The van der Waals surface area contributed by atoms with E-state index in [1.165, 1.54) is 16.7 Å². The molecule has 3 aromatic carbocycles. The maximum Gasteiger partial charge on any atom is 0.119 e. The van der Waals surface area contributed by atoms with E-state index >= 15 is 0 Å². The second kappa shape index (κ2) is 12.3. The van der Waals surface area contributed by atoms with Crippen LogP contribution in [0.2, 0.25) is 0 Å². The van der Waals surface area contributed by atoms with Crippen LogP contribution in [-0.2, 0) is 6.42 Å². The molecule has 0 radical (unpaired) electrons. The van der Waals surface area contributed by atoms with E-state index in [0.29, 0.717) is 12.2 Å². The Morgan fingerprint density at radius 2 is 1.81 bits per heavy atom. The van der Waals surface area contributed by atoms with Gasteiger partial charge < -0.3 is 14.6 Å². The molecule has 1 aliphatic heterocycles. The molecule has 2 aliphatic rings. The van der Waals surface area contributed by atoms with Crippen LogP contribution in [0, 0.1) is 0 Å².